The first-order valence-corrected chi connectivity index (χ1v) is 17.3. The Balaban J connectivity index is 1.29. The quantitative estimate of drug-likeness (QED) is 0.186. The molecule has 1 heterocycles. The van der Waals surface area contributed by atoms with Crippen molar-refractivity contribution in [1.29, 1.82) is 0 Å². The molecule has 236 valence electrons. The summed E-state index contributed by atoms with van der Waals surface area (Å²) in [4.78, 5) is 2.43. The molecular formula is C48H33NO. The third-order valence-electron chi connectivity index (χ3n) is 10.7. The molecule has 0 aliphatic heterocycles. The highest BCUT2D eigenvalue weighted by atomic mass is 16.3. The molecule has 0 N–H and O–H groups in total. The van der Waals surface area contributed by atoms with Crippen molar-refractivity contribution in [1.82, 2.24) is 0 Å². The van der Waals surface area contributed by atoms with Crippen LogP contribution in [0, 0.1) is 0 Å². The number of fused-ring (bicyclic) bond motifs is 7. The highest BCUT2D eigenvalue weighted by Gasteiger charge is 2.43. The van der Waals surface area contributed by atoms with E-state index in [4.69, 9.17) is 4.42 Å². The van der Waals surface area contributed by atoms with Gasteiger partial charge in [-0.1, -0.05) is 146 Å². The maximum Gasteiger partial charge on any atom is 0.140 e. The van der Waals surface area contributed by atoms with Gasteiger partial charge in [-0.25, -0.2) is 0 Å². The van der Waals surface area contributed by atoms with Gasteiger partial charge in [0.15, 0.2) is 0 Å². The molecule has 1 aliphatic rings. The maximum absolute atomic E-state index is 6.85. The fourth-order valence-corrected chi connectivity index (χ4v) is 8.32. The maximum atomic E-state index is 6.85. The molecule has 0 saturated carbocycles. The van der Waals surface area contributed by atoms with Crippen LogP contribution in [0.25, 0.3) is 55.0 Å². The topological polar surface area (TPSA) is 16.4 Å². The summed E-state index contributed by atoms with van der Waals surface area (Å²) < 4.78 is 6.85. The van der Waals surface area contributed by atoms with Gasteiger partial charge in [0.05, 0.1) is 5.69 Å². The number of rotatable bonds is 5. The average molecular weight is 640 g/mol. The fraction of sp³-hybridized carbons (Fsp3) is 0.0417. The van der Waals surface area contributed by atoms with E-state index >= 15 is 0 Å². The monoisotopic (exact) mass is 639 g/mol. The second-order valence-electron chi connectivity index (χ2n) is 13.4. The van der Waals surface area contributed by atoms with E-state index < -0.39 is 5.41 Å². The van der Waals surface area contributed by atoms with Crippen molar-refractivity contribution in [3.05, 3.63) is 199 Å². The second kappa shape index (κ2) is 11.1. The molecule has 1 aromatic heterocycles. The Hall–Kier alpha value is -6.38. The van der Waals surface area contributed by atoms with Crippen LogP contribution in [0.2, 0.25) is 0 Å². The van der Waals surface area contributed by atoms with Gasteiger partial charge in [0, 0.05) is 38.5 Å². The van der Waals surface area contributed by atoms with E-state index in [1.165, 1.54) is 44.2 Å². The molecule has 2 heteroatoms. The summed E-state index contributed by atoms with van der Waals surface area (Å²) in [5.41, 5.74) is 13.4. The summed E-state index contributed by atoms with van der Waals surface area (Å²) in [5.74, 6) is 0. The summed E-state index contributed by atoms with van der Waals surface area (Å²) in [6.07, 6.45) is 0. The zero-order chi connectivity index (χ0) is 33.2. The summed E-state index contributed by atoms with van der Waals surface area (Å²) >= 11 is 0. The Labute approximate surface area is 291 Å². The van der Waals surface area contributed by atoms with Crippen LogP contribution >= 0.6 is 0 Å². The summed E-state index contributed by atoms with van der Waals surface area (Å²) in [6, 6.07) is 65.7. The van der Waals surface area contributed by atoms with Gasteiger partial charge in [-0.05, 0) is 82.1 Å². The number of nitrogens with zero attached hydrogens (tertiary/aromatic N) is 1. The number of anilines is 3. The third kappa shape index (κ3) is 4.22. The van der Waals surface area contributed by atoms with Crippen LogP contribution < -0.4 is 4.90 Å². The van der Waals surface area contributed by atoms with Crippen LogP contribution in [-0.4, -0.2) is 0 Å². The summed E-state index contributed by atoms with van der Waals surface area (Å²) in [6.45, 7) is 2.38. The molecule has 0 amide bonds. The van der Waals surface area contributed by atoms with Gasteiger partial charge in [-0.15, -0.1) is 0 Å². The van der Waals surface area contributed by atoms with Crippen molar-refractivity contribution in [3.63, 3.8) is 0 Å². The Bertz CT molecular complexity index is 2670. The lowest BCUT2D eigenvalue weighted by atomic mass is 9.73. The van der Waals surface area contributed by atoms with Gasteiger partial charge in [0.2, 0.25) is 0 Å². The molecular weight excluding hydrogens is 607 g/mol. The Kier molecular flexibility index (Phi) is 6.34. The lowest BCUT2D eigenvalue weighted by molar-refractivity contribution is 0.638. The SMILES string of the molecule is CC1(c2cc(N(c3ccc(-c4ccccc4)cc3)c3cccc4ccccc34)cc3c2oc2ccccc23)c2ccccc2-c2ccccc21. The molecule has 2 nitrogen and oxygen atoms in total. The molecule has 0 atom stereocenters. The first kappa shape index (κ1) is 28.6. The predicted octanol–water partition coefficient (Wildman–Crippen LogP) is 13.2. The molecule has 8 aromatic carbocycles. The number of furan rings is 1. The van der Waals surface area contributed by atoms with Crippen molar-refractivity contribution in [2.75, 3.05) is 4.90 Å². The van der Waals surface area contributed by atoms with E-state index in [-0.39, 0.29) is 0 Å². The highest BCUT2D eigenvalue weighted by molar-refractivity contribution is 6.09. The zero-order valence-corrected chi connectivity index (χ0v) is 27.7. The van der Waals surface area contributed by atoms with Crippen molar-refractivity contribution in [3.8, 4) is 22.3 Å². The zero-order valence-electron chi connectivity index (χ0n) is 27.7. The van der Waals surface area contributed by atoms with Crippen LogP contribution in [0.1, 0.15) is 23.6 Å². The Morgan fingerprint density at radius 3 is 1.80 bits per heavy atom. The molecule has 0 unspecified atom stereocenters. The standard InChI is InChI=1S/C48H33NO/c1-48(42-22-10-7-19-38(42)39-20-8-11-23-43(39)48)44-31-36(30-41-40-21-9-12-25-46(40)50-47(41)44)49(45-24-13-17-34-16-5-6-18-37(34)45)35-28-26-33(27-29-35)32-14-3-2-4-15-32/h2-31H,1H3. The fourth-order valence-electron chi connectivity index (χ4n) is 8.32. The van der Waals surface area contributed by atoms with E-state index in [9.17, 15) is 0 Å². The molecule has 0 spiro atoms. The molecule has 50 heavy (non-hydrogen) atoms. The van der Waals surface area contributed by atoms with Crippen LogP contribution in [0.15, 0.2) is 186 Å². The van der Waals surface area contributed by atoms with E-state index in [2.05, 4.69) is 194 Å². The van der Waals surface area contributed by atoms with Gasteiger partial charge >= 0.3 is 0 Å². The molecule has 10 rings (SSSR count). The van der Waals surface area contributed by atoms with Gasteiger partial charge in [-0.2, -0.15) is 0 Å². The lowest BCUT2D eigenvalue weighted by Gasteiger charge is -2.32. The van der Waals surface area contributed by atoms with Gasteiger partial charge in [0.25, 0.3) is 0 Å². The summed E-state index contributed by atoms with van der Waals surface area (Å²) in [5, 5.41) is 4.63. The van der Waals surface area contributed by atoms with Crippen molar-refractivity contribution in [2.45, 2.75) is 12.3 Å². The average Bonchev–Trinajstić information content (AvgIpc) is 3.69. The third-order valence-corrected chi connectivity index (χ3v) is 10.7. The second-order valence-corrected chi connectivity index (χ2v) is 13.4. The number of hydrogen-bond acceptors (Lipinski definition) is 2. The number of hydrogen-bond donors (Lipinski definition) is 0. The van der Waals surface area contributed by atoms with E-state index in [1.54, 1.807) is 0 Å². The van der Waals surface area contributed by atoms with Gasteiger partial charge < -0.3 is 9.32 Å². The van der Waals surface area contributed by atoms with Gasteiger partial charge in [-0.3, -0.25) is 0 Å². The molecule has 9 aromatic rings. The van der Waals surface area contributed by atoms with E-state index in [1.807, 2.05) is 0 Å². The minimum atomic E-state index is -0.448. The first-order chi connectivity index (χ1) is 24.7. The van der Waals surface area contributed by atoms with Gasteiger partial charge in [0.1, 0.15) is 11.2 Å². The van der Waals surface area contributed by atoms with Crippen LogP contribution in [0.3, 0.4) is 0 Å². The smallest absolute Gasteiger partial charge is 0.140 e. The number of para-hydroxylation sites is 1. The molecule has 0 bridgehead atoms. The van der Waals surface area contributed by atoms with Crippen molar-refractivity contribution >= 4 is 49.8 Å². The van der Waals surface area contributed by atoms with Crippen LogP contribution in [0.4, 0.5) is 17.1 Å². The molecule has 0 fully saturated rings. The minimum absolute atomic E-state index is 0.448. The van der Waals surface area contributed by atoms with Crippen LogP contribution in [-0.2, 0) is 5.41 Å². The summed E-state index contributed by atoms with van der Waals surface area (Å²) in [7, 11) is 0. The van der Waals surface area contributed by atoms with E-state index in [0.717, 1.165) is 44.6 Å². The Morgan fingerprint density at radius 2 is 1.04 bits per heavy atom. The Morgan fingerprint density at radius 1 is 0.440 bits per heavy atom. The highest BCUT2D eigenvalue weighted by Crippen LogP contribution is 2.55. The molecule has 1 aliphatic carbocycles. The lowest BCUT2D eigenvalue weighted by Crippen LogP contribution is -2.23. The van der Waals surface area contributed by atoms with Crippen molar-refractivity contribution < 1.29 is 4.42 Å². The molecule has 0 saturated heterocycles. The largest absolute Gasteiger partial charge is 0.456 e. The number of benzene rings is 8. The minimum Gasteiger partial charge on any atom is -0.456 e. The molecule has 0 radical (unpaired) electrons. The van der Waals surface area contributed by atoms with E-state index in [0.29, 0.717) is 0 Å². The predicted molar refractivity (Wildman–Crippen MR) is 209 cm³/mol. The van der Waals surface area contributed by atoms with Crippen LogP contribution in [0.5, 0.6) is 0 Å². The first-order valence-electron chi connectivity index (χ1n) is 17.3. The van der Waals surface area contributed by atoms with Crippen molar-refractivity contribution in [2.24, 2.45) is 0 Å². The normalized spacial score (nSPS) is 13.1.